The minimum Gasteiger partial charge on any atom is -0.376 e. The van der Waals surface area contributed by atoms with Crippen molar-refractivity contribution in [1.29, 1.82) is 0 Å². The van der Waals surface area contributed by atoms with Crippen LogP contribution in [0.15, 0.2) is 81.2 Å². The van der Waals surface area contributed by atoms with Crippen molar-refractivity contribution >= 4 is 50.9 Å². The van der Waals surface area contributed by atoms with Gasteiger partial charge in [-0.1, -0.05) is 34.4 Å². The second kappa shape index (κ2) is 14.4. The lowest BCUT2D eigenvalue weighted by Crippen LogP contribution is -2.43. The fourth-order valence-electron chi connectivity index (χ4n) is 9.98. The SMILES string of the molecule is C[C@@H]1c2c(-n3ccn(-c4ccc5c(cnn5C)c4F)c3=O)c(-c3cc(Cl)c(F)c(Cl)c3)nn2CCN1C(=O)c1cc2cc([C@@H]3CCOC(C)(C)C3)ccc2n1C1(c2noc(=O)[nH]2)CC1. The number of rotatable bonds is 7. The van der Waals surface area contributed by atoms with Crippen LogP contribution in [0.2, 0.25) is 10.0 Å². The van der Waals surface area contributed by atoms with Gasteiger partial charge in [0.25, 0.3) is 5.91 Å². The van der Waals surface area contributed by atoms with Crippen LogP contribution >= 0.6 is 23.2 Å². The molecule has 1 saturated carbocycles. The Hall–Kier alpha value is -6.30. The van der Waals surface area contributed by atoms with Gasteiger partial charge < -0.3 is 14.2 Å². The number of ether oxygens (including phenoxy) is 1. The highest BCUT2D eigenvalue weighted by molar-refractivity contribution is 6.35. The number of imidazole rings is 1. The number of fused-ring (bicyclic) bond motifs is 3. The highest BCUT2D eigenvalue weighted by Crippen LogP contribution is 2.51. The topological polar surface area (TPSA) is 156 Å². The van der Waals surface area contributed by atoms with Crippen LogP contribution in [0.25, 0.3) is 44.4 Å². The monoisotopic (exact) mass is 908 g/mol. The van der Waals surface area contributed by atoms with Gasteiger partial charge in [-0.05, 0) is 100 Å². The normalized spacial score (nSPS) is 19.2. The summed E-state index contributed by atoms with van der Waals surface area (Å²) in [7, 11) is 1.70. The highest BCUT2D eigenvalue weighted by atomic mass is 35.5. The predicted molar refractivity (Wildman–Crippen MR) is 234 cm³/mol. The molecule has 1 N–H and O–H groups in total. The molecule has 2 fully saturated rings. The summed E-state index contributed by atoms with van der Waals surface area (Å²) in [6.45, 7) is 7.13. The van der Waals surface area contributed by atoms with E-state index in [1.807, 2.05) is 23.6 Å². The van der Waals surface area contributed by atoms with Crippen molar-refractivity contribution in [3.63, 3.8) is 0 Å². The Bertz CT molecular complexity index is 3340. The largest absolute Gasteiger partial charge is 0.438 e. The van der Waals surface area contributed by atoms with E-state index < -0.39 is 34.7 Å². The number of aromatic nitrogens is 9. The molecular weight excluding hydrogens is 869 g/mol. The zero-order valence-corrected chi connectivity index (χ0v) is 36.5. The number of carbonyl (C=O) groups excluding carboxylic acids is 1. The maximum absolute atomic E-state index is 16.1. The zero-order valence-electron chi connectivity index (χ0n) is 35.0. The maximum Gasteiger partial charge on any atom is 0.438 e. The van der Waals surface area contributed by atoms with Crippen LogP contribution in [-0.4, -0.2) is 73.0 Å². The minimum absolute atomic E-state index is 0.00328. The average Bonchev–Trinajstić information content (AvgIpc) is 3.72. The number of H-pyrrole nitrogens is 1. The first-order chi connectivity index (χ1) is 30.6. The Kier molecular flexibility index (Phi) is 9.08. The smallest absolute Gasteiger partial charge is 0.376 e. The number of carbonyl (C=O) groups is 1. The summed E-state index contributed by atoms with van der Waals surface area (Å²) in [5.41, 5.74) is 2.46. The average molecular weight is 910 g/mol. The van der Waals surface area contributed by atoms with E-state index >= 15 is 9.18 Å². The van der Waals surface area contributed by atoms with E-state index in [-0.39, 0.29) is 63.0 Å². The predicted octanol–water partition coefficient (Wildman–Crippen LogP) is 8.02. The van der Waals surface area contributed by atoms with Gasteiger partial charge in [-0.15, -0.1) is 0 Å². The summed E-state index contributed by atoms with van der Waals surface area (Å²) in [5.74, 6) is -1.85. The maximum atomic E-state index is 16.1. The van der Waals surface area contributed by atoms with E-state index in [9.17, 15) is 14.0 Å². The molecule has 1 aliphatic carbocycles. The summed E-state index contributed by atoms with van der Waals surface area (Å²) in [5, 5.41) is 13.8. The first-order valence-corrected chi connectivity index (χ1v) is 21.7. The van der Waals surface area contributed by atoms with Crippen molar-refractivity contribution in [2.45, 2.75) is 76.1 Å². The molecule has 7 heterocycles. The summed E-state index contributed by atoms with van der Waals surface area (Å²) in [6.07, 6.45) is 7.27. The number of nitrogens with one attached hydrogen (secondary N) is 1. The van der Waals surface area contributed by atoms with E-state index in [0.29, 0.717) is 47.7 Å². The summed E-state index contributed by atoms with van der Waals surface area (Å²) < 4.78 is 49.7. The van der Waals surface area contributed by atoms with Crippen molar-refractivity contribution in [2.75, 3.05) is 13.2 Å². The van der Waals surface area contributed by atoms with E-state index in [1.54, 1.807) is 27.4 Å². The molecule has 11 rings (SSSR count). The lowest BCUT2D eigenvalue weighted by atomic mass is 9.83. The van der Waals surface area contributed by atoms with Crippen LogP contribution in [0.5, 0.6) is 0 Å². The van der Waals surface area contributed by atoms with Gasteiger partial charge in [0, 0.05) is 49.1 Å². The zero-order chi connectivity index (χ0) is 44.6. The summed E-state index contributed by atoms with van der Waals surface area (Å²) >= 11 is 12.7. The Morgan fingerprint density at radius 1 is 0.953 bits per heavy atom. The molecular formula is C45H40Cl2F2N10O5. The van der Waals surface area contributed by atoms with Crippen molar-refractivity contribution < 1.29 is 22.8 Å². The van der Waals surface area contributed by atoms with Crippen LogP contribution < -0.4 is 11.4 Å². The van der Waals surface area contributed by atoms with Gasteiger partial charge in [-0.2, -0.15) is 10.2 Å². The number of nitrogens with zero attached hydrogens (tertiary/aromatic N) is 9. The molecule has 0 spiro atoms. The fourth-order valence-corrected chi connectivity index (χ4v) is 10.5. The number of hydrogen-bond acceptors (Lipinski definition) is 8. The van der Waals surface area contributed by atoms with Crippen molar-refractivity contribution in [2.24, 2.45) is 7.05 Å². The molecule has 3 aliphatic rings. The van der Waals surface area contributed by atoms with E-state index in [4.69, 9.17) is 37.6 Å². The molecule has 0 unspecified atom stereocenters. The molecule has 328 valence electrons. The number of benzene rings is 3. The van der Waals surface area contributed by atoms with E-state index in [0.717, 1.165) is 29.3 Å². The number of halogens is 4. The lowest BCUT2D eigenvalue weighted by molar-refractivity contribution is -0.0592. The Balaban J connectivity index is 1.05. The molecule has 1 amide bonds. The molecule has 2 atom stereocenters. The van der Waals surface area contributed by atoms with Gasteiger partial charge in [0.05, 0.1) is 56.7 Å². The van der Waals surface area contributed by atoms with Crippen LogP contribution in [0, 0.1) is 11.6 Å². The standard InChI is InChI=1S/C45H40Cl2F2N10O5/c1-23-38-39(57-13-12-56(43(57)62)33-8-7-32-28(35(33)48)22-50-54(32)4)37(27-18-29(46)36(49)30(47)19-27)52-58(38)15-14-55(23)40(60)34-20-26-17-24(25-9-16-63-44(2,3)21-25)5-6-31(26)59(34)45(10-11-45)41-51-42(61)64-53-41/h5-8,12-13,17-20,22-23,25H,9-11,14-16,21H2,1-4H3,(H,51,53,61)/t23-,25-/m1/s1. The van der Waals surface area contributed by atoms with Gasteiger partial charge in [0.15, 0.2) is 17.5 Å². The fraction of sp³-hybridized carbons (Fsp3) is 0.333. The lowest BCUT2D eigenvalue weighted by Gasteiger charge is -2.35. The molecule has 64 heavy (non-hydrogen) atoms. The van der Waals surface area contributed by atoms with E-state index in [2.05, 4.69) is 41.2 Å². The first kappa shape index (κ1) is 40.5. The number of hydrogen-bond donors (Lipinski definition) is 1. The van der Waals surface area contributed by atoms with Crippen molar-refractivity contribution in [1.82, 2.24) is 48.3 Å². The molecule has 19 heteroatoms. The van der Waals surface area contributed by atoms with Gasteiger partial charge in [-0.3, -0.25) is 32.8 Å². The van der Waals surface area contributed by atoms with Crippen molar-refractivity contribution in [3.05, 3.63) is 133 Å². The third-order valence-corrected chi connectivity index (χ3v) is 13.8. The van der Waals surface area contributed by atoms with Gasteiger partial charge in [0.2, 0.25) is 0 Å². The molecule has 0 bridgehead atoms. The first-order valence-electron chi connectivity index (χ1n) is 21.0. The quantitative estimate of drug-likeness (QED) is 0.158. The summed E-state index contributed by atoms with van der Waals surface area (Å²) in [4.78, 5) is 46.8. The highest BCUT2D eigenvalue weighted by Gasteiger charge is 2.52. The Morgan fingerprint density at radius 3 is 2.42 bits per heavy atom. The molecule has 0 radical (unpaired) electrons. The Labute approximate surface area is 372 Å². The van der Waals surface area contributed by atoms with Gasteiger partial charge in [-0.25, -0.2) is 18.4 Å². The summed E-state index contributed by atoms with van der Waals surface area (Å²) in [6, 6.07) is 13.4. The minimum atomic E-state index is -0.842. The molecule has 5 aromatic heterocycles. The molecule has 2 aliphatic heterocycles. The molecule has 3 aromatic carbocycles. The number of aryl methyl sites for hydroxylation is 1. The Morgan fingerprint density at radius 2 is 1.70 bits per heavy atom. The van der Waals surface area contributed by atoms with Crippen LogP contribution in [0.3, 0.4) is 0 Å². The van der Waals surface area contributed by atoms with Crippen LogP contribution in [-0.2, 0) is 23.9 Å². The van der Waals surface area contributed by atoms with Crippen LogP contribution in [0.4, 0.5) is 8.78 Å². The third kappa shape index (κ3) is 6.14. The second-order valence-corrected chi connectivity index (χ2v) is 18.4. The van der Waals surface area contributed by atoms with E-state index in [1.165, 1.54) is 45.9 Å². The van der Waals surface area contributed by atoms with Crippen LogP contribution in [0.1, 0.15) is 86.0 Å². The second-order valence-electron chi connectivity index (χ2n) is 17.6. The molecule has 8 aromatic rings. The van der Waals surface area contributed by atoms with Gasteiger partial charge in [0.1, 0.15) is 22.6 Å². The van der Waals surface area contributed by atoms with Gasteiger partial charge >= 0.3 is 11.4 Å². The number of aromatic amines is 1. The molecule has 15 nitrogen and oxygen atoms in total. The molecule has 1 saturated heterocycles. The number of amides is 1. The third-order valence-electron chi connectivity index (χ3n) is 13.3. The van der Waals surface area contributed by atoms with Crippen molar-refractivity contribution in [3.8, 4) is 22.6 Å².